The summed E-state index contributed by atoms with van der Waals surface area (Å²) >= 11 is 0. The van der Waals surface area contributed by atoms with E-state index in [9.17, 15) is 8.78 Å². The molecule has 3 heteroatoms. The van der Waals surface area contributed by atoms with Gasteiger partial charge in [-0.1, -0.05) is 0 Å². The first-order chi connectivity index (χ1) is 5.68. The Morgan fingerprint density at radius 3 is 2.92 bits per heavy atom. The van der Waals surface area contributed by atoms with E-state index in [1.807, 2.05) is 6.92 Å². The van der Waals surface area contributed by atoms with Crippen LogP contribution in [-0.2, 0) is 6.42 Å². The van der Waals surface area contributed by atoms with Gasteiger partial charge < -0.3 is 5.32 Å². The fourth-order valence-electron chi connectivity index (χ4n) is 1.55. The summed E-state index contributed by atoms with van der Waals surface area (Å²) in [5.74, 6) is -1.46. The van der Waals surface area contributed by atoms with Crippen molar-refractivity contribution in [1.29, 1.82) is 0 Å². The first-order valence-corrected chi connectivity index (χ1v) is 3.92. The molecule has 0 saturated heterocycles. The number of benzene rings is 1. The molecule has 0 unspecified atom stereocenters. The smallest absolute Gasteiger partial charge is 0.164 e. The first kappa shape index (κ1) is 7.53. The zero-order valence-electron chi connectivity index (χ0n) is 6.70. The van der Waals surface area contributed by atoms with Crippen LogP contribution in [0.3, 0.4) is 0 Å². The summed E-state index contributed by atoms with van der Waals surface area (Å²) in [6.07, 6.45) is 0.568. The fraction of sp³-hybridized carbons (Fsp3) is 0.333. The van der Waals surface area contributed by atoms with E-state index in [2.05, 4.69) is 5.32 Å². The van der Waals surface area contributed by atoms with E-state index in [1.165, 1.54) is 0 Å². The van der Waals surface area contributed by atoms with E-state index < -0.39 is 11.6 Å². The highest BCUT2D eigenvalue weighted by atomic mass is 19.2. The molecule has 1 heterocycles. The summed E-state index contributed by atoms with van der Waals surface area (Å²) in [5, 5.41) is 3.06. The summed E-state index contributed by atoms with van der Waals surface area (Å²) in [5.41, 5.74) is 1.20. The third-order valence-electron chi connectivity index (χ3n) is 2.11. The van der Waals surface area contributed by atoms with Gasteiger partial charge in [-0.2, -0.15) is 0 Å². The Morgan fingerprint density at radius 2 is 2.17 bits per heavy atom. The van der Waals surface area contributed by atoms with Crippen LogP contribution in [0.2, 0.25) is 0 Å². The molecule has 1 N–H and O–H groups in total. The van der Waals surface area contributed by atoms with Crippen molar-refractivity contribution < 1.29 is 8.78 Å². The highest BCUT2D eigenvalue weighted by molar-refractivity contribution is 5.57. The average Bonchev–Trinajstić information content (AvgIpc) is 2.39. The van der Waals surface area contributed by atoms with Crippen molar-refractivity contribution in [2.75, 3.05) is 5.32 Å². The molecule has 1 aromatic carbocycles. The van der Waals surface area contributed by atoms with E-state index in [0.717, 1.165) is 11.8 Å². The van der Waals surface area contributed by atoms with Crippen LogP contribution in [0.5, 0.6) is 0 Å². The van der Waals surface area contributed by atoms with Crippen LogP contribution in [0, 0.1) is 11.6 Å². The van der Waals surface area contributed by atoms with Crippen LogP contribution in [0.4, 0.5) is 14.5 Å². The Kier molecular flexibility index (Phi) is 1.53. The zero-order chi connectivity index (χ0) is 8.72. The summed E-state index contributed by atoms with van der Waals surface area (Å²) in [7, 11) is 0. The van der Waals surface area contributed by atoms with Gasteiger partial charge in [-0.25, -0.2) is 8.78 Å². The zero-order valence-corrected chi connectivity index (χ0v) is 6.70. The van der Waals surface area contributed by atoms with Crippen molar-refractivity contribution in [2.45, 2.75) is 19.4 Å². The van der Waals surface area contributed by atoms with Gasteiger partial charge in [0.1, 0.15) is 0 Å². The molecule has 1 aliphatic rings. The minimum Gasteiger partial charge on any atom is -0.382 e. The number of hydrogen-bond acceptors (Lipinski definition) is 1. The van der Waals surface area contributed by atoms with Crippen LogP contribution in [-0.4, -0.2) is 6.04 Å². The Hall–Kier alpha value is -1.12. The lowest BCUT2D eigenvalue weighted by Gasteiger charge is -2.01. The number of anilines is 1. The molecule has 1 aromatic rings. The van der Waals surface area contributed by atoms with Crippen molar-refractivity contribution in [3.8, 4) is 0 Å². The molecule has 0 aliphatic carbocycles. The molecule has 0 bridgehead atoms. The molecule has 0 fully saturated rings. The molecule has 64 valence electrons. The number of rotatable bonds is 0. The maximum absolute atomic E-state index is 13.1. The molecular weight excluding hydrogens is 160 g/mol. The molecule has 0 radical (unpaired) electrons. The topological polar surface area (TPSA) is 12.0 Å². The SMILES string of the molecule is C[C@@H]1Cc2c(ccc(F)c2F)N1. The summed E-state index contributed by atoms with van der Waals surface area (Å²) < 4.78 is 25.8. The van der Waals surface area contributed by atoms with Gasteiger partial charge in [0, 0.05) is 17.3 Å². The van der Waals surface area contributed by atoms with Gasteiger partial charge in [0.15, 0.2) is 11.6 Å². The van der Waals surface area contributed by atoms with E-state index in [4.69, 9.17) is 0 Å². The second-order valence-corrected chi connectivity index (χ2v) is 3.14. The second kappa shape index (κ2) is 2.44. The maximum Gasteiger partial charge on any atom is 0.164 e. The molecule has 2 rings (SSSR count). The Labute approximate surface area is 69.4 Å². The second-order valence-electron chi connectivity index (χ2n) is 3.14. The largest absolute Gasteiger partial charge is 0.382 e. The van der Waals surface area contributed by atoms with Crippen LogP contribution in [0.15, 0.2) is 12.1 Å². The van der Waals surface area contributed by atoms with Crippen molar-refractivity contribution in [2.24, 2.45) is 0 Å². The number of fused-ring (bicyclic) bond motifs is 1. The normalized spacial score (nSPS) is 20.4. The third-order valence-corrected chi connectivity index (χ3v) is 2.11. The molecule has 0 amide bonds. The summed E-state index contributed by atoms with van der Waals surface area (Å²) in [4.78, 5) is 0. The van der Waals surface area contributed by atoms with Gasteiger partial charge in [0.2, 0.25) is 0 Å². The van der Waals surface area contributed by atoms with Crippen LogP contribution >= 0.6 is 0 Å². The van der Waals surface area contributed by atoms with Gasteiger partial charge >= 0.3 is 0 Å². The number of hydrogen-bond donors (Lipinski definition) is 1. The highest BCUT2D eigenvalue weighted by Gasteiger charge is 2.21. The Morgan fingerprint density at radius 1 is 1.42 bits per heavy atom. The van der Waals surface area contributed by atoms with E-state index in [1.54, 1.807) is 6.07 Å². The summed E-state index contributed by atoms with van der Waals surface area (Å²) in [6.45, 7) is 1.94. The van der Waals surface area contributed by atoms with Crippen molar-refractivity contribution in [1.82, 2.24) is 0 Å². The molecule has 1 atom stereocenters. The lowest BCUT2D eigenvalue weighted by atomic mass is 10.1. The van der Waals surface area contributed by atoms with E-state index in [0.29, 0.717) is 12.0 Å². The molecule has 1 aliphatic heterocycles. The maximum atomic E-state index is 13.1. The van der Waals surface area contributed by atoms with Crippen LogP contribution < -0.4 is 5.32 Å². The molecular formula is C9H9F2N. The quantitative estimate of drug-likeness (QED) is 0.628. The van der Waals surface area contributed by atoms with Gasteiger partial charge in [-0.3, -0.25) is 0 Å². The van der Waals surface area contributed by atoms with E-state index in [-0.39, 0.29) is 6.04 Å². The predicted octanol–water partition coefficient (Wildman–Crippen LogP) is 2.32. The Balaban J connectivity index is 2.54. The van der Waals surface area contributed by atoms with Gasteiger partial charge in [-0.15, -0.1) is 0 Å². The van der Waals surface area contributed by atoms with Gasteiger partial charge in [-0.05, 0) is 25.5 Å². The number of nitrogens with one attached hydrogen (secondary N) is 1. The number of halogens is 2. The molecule has 1 nitrogen and oxygen atoms in total. The Bertz CT molecular complexity index is 323. The van der Waals surface area contributed by atoms with Crippen LogP contribution in [0.25, 0.3) is 0 Å². The third kappa shape index (κ3) is 0.967. The van der Waals surface area contributed by atoms with Gasteiger partial charge in [0.25, 0.3) is 0 Å². The minimum absolute atomic E-state index is 0.205. The predicted molar refractivity (Wildman–Crippen MR) is 43.1 cm³/mol. The standard InChI is InChI=1S/C9H9F2N/c1-5-4-6-8(12-5)3-2-7(10)9(6)11/h2-3,5,12H,4H2,1H3/t5-/m1/s1. The molecule has 12 heavy (non-hydrogen) atoms. The fourth-order valence-corrected chi connectivity index (χ4v) is 1.55. The molecule has 0 aromatic heterocycles. The summed E-state index contributed by atoms with van der Waals surface area (Å²) in [6, 6.07) is 2.94. The monoisotopic (exact) mass is 169 g/mol. The molecule has 0 saturated carbocycles. The minimum atomic E-state index is -0.760. The average molecular weight is 169 g/mol. The lowest BCUT2D eigenvalue weighted by molar-refractivity contribution is 0.500. The van der Waals surface area contributed by atoms with Crippen molar-refractivity contribution >= 4 is 5.69 Å². The first-order valence-electron chi connectivity index (χ1n) is 3.92. The van der Waals surface area contributed by atoms with Gasteiger partial charge in [0.05, 0.1) is 0 Å². The van der Waals surface area contributed by atoms with Crippen molar-refractivity contribution in [3.05, 3.63) is 29.3 Å². The van der Waals surface area contributed by atoms with Crippen molar-refractivity contribution in [3.63, 3.8) is 0 Å². The lowest BCUT2D eigenvalue weighted by Crippen LogP contribution is -2.08. The highest BCUT2D eigenvalue weighted by Crippen LogP contribution is 2.28. The molecule has 0 spiro atoms. The van der Waals surface area contributed by atoms with Crippen LogP contribution in [0.1, 0.15) is 12.5 Å². The van der Waals surface area contributed by atoms with E-state index >= 15 is 0 Å².